The highest BCUT2D eigenvalue weighted by Crippen LogP contribution is 2.21. The average molecular weight is 250 g/mol. The molecule has 6 heteroatoms. The third-order valence-electron chi connectivity index (χ3n) is 2.02. The van der Waals surface area contributed by atoms with Crippen molar-refractivity contribution in [2.24, 2.45) is 0 Å². The molecule has 0 aliphatic rings. The Kier molecular flexibility index (Phi) is 4.20. The van der Waals surface area contributed by atoms with Gasteiger partial charge in [0.2, 0.25) is 0 Å². The lowest BCUT2D eigenvalue weighted by atomic mass is 10.2. The fourth-order valence-corrected chi connectivity index (χ4v) is 1.37. The Labute approximate surface area is 96.2 Å². The third kappa shape index (κ3) is 2.68. The lowest BCUT2D eigenvalue weighted by Gasteiger charge is -2.16. The number of aliphatic hydroxyl groups is 1. The number of carbonyl (C=O) groups is 1. The van der Waals surface area contributed by atoms with Gasteiger partial charge >= 0.3 is 0 Å². The highest BCUT2D eigenvalue weighted by Gasteiger charge is 2.17. The standard InChI is InChI=1S/C10H10ClF2NO2/c1-14(2-3-15)10(16)6-4-8(12)9(13)5-7(6)11/h4-5,15H,2-3H2,1H3. The van der Waals surface area contributed by atoms with Crippen molar-refractivity contribution in [3.63, 3.8) is 0 Å². The van der Waals surface area contributed by atoms with E-state index < -0.39 is 17.5 Å². The van der Waals surface area contributed by atoms with Crippen molar-refractivity contribution in [3.05, 3.63) is 34.4 Å². The summed E-state index contributed by atoms with van der Waals surface area (Å²) in [6.07, 6.45) is 0. The summed E-state index contributed by atoms with van der Waals surface area (Å²) in [5, 5.41) is 8.48. The maximum absolute atomic E-state index is 12.9. The van der Waals surface area contributed by atoms with Crippen molar-refractivity contribution in [1.82, 2.24) is 4.90 Å². The molecule has 3 nitrogen and oxygen atoms in total. The van der Waals surface area contributed by atoms with Gasteiger partial charge in [-0.3, -0.25) is 4.79 Å². The first-order chi connectivity index (χ1) is 7.47. The maximum atomic E-state index is 12.9. The Hall–Kier alpha value is -1.20. The van der Waals surface area contributed by atoms with Crippen LogP contribution in [-0.4, -0.2) is 36.1 Å². The van der Waals surface area contributed by atoms with Gasteiger partial charge in [-0.2, -0.15) is 0 Å². The summed E-state index contributed by atoms with van der Waals surface area (Å²) in [4.78, 5) is 12.8. The summed E-state index contributed by atoms with van der Waals surface area (Å²) >= 11 is 5.62. The van der Waals surface area contributed by atoms with E-state index in [0.29, 0.717) is 0 Å². The second kappa shape index (κ2) is 5.23. The number of aliphatic hydroxyl groups excluding tert-OH is 1. The SMILES string of the molecule is CN(CCO)C(=O)c1cc(F)c(F)cc1Cl. The molecule has 0 unspecified atom stereocenters. The van der Waals surface area contributed by atoms with Crippen molar-refractivity contribution in [2.75, 3.05) is 20.2 Å². The highest BCUT2D eigenvalue weighted by atomic mass is 35.5. The van der Waals surface area contributed by atoms with E-state index in [4.69, 9.17) is 16.7 Å². The van der Waals surface area contributed by atoms with Gasteiger partial charge in [0.25, 0.3) is 5.91 Å². The summed E-state index contributed by atoms with van der Waals surface area (Å²) in [7, 11) is 1.43. The van der Waals surface area contributed by atoms with Crippen LogP contribution in [0, 0.1) is 11.6 Å². The van der Waals surface area contributed by atoms with Crippen molar-refractivity contribution in [1.29, 1.82) is 0 Å². The summed E-state index contributed by atoms with van der Waals surface area (Å²) in [5.74, 6) is -2.81. The van der Waals surface area contributed by atoms with E-state index in [0.717, 1.165) is 12.1 Å². The number of benzene rings is 1. The van der Waals surface area contributed by atoms with Crippen molar-refractivity contribution >= 4 is 17.5 Å². The first-order valence-electron chi connectivity index (χ1n) is 4.48. The van der Waals surface area contributed by atoms with Crippen LogP contribution in [0.25, 0.3) is 0 Å². The Bertz CT molecular complexity index is 412. The normalized spacial score (nSPS) is 10.3. The van der Waals surface area contributed by atoms with Crippen LogP contribution >= 0.6 is 11.6 Å². The number of amides is 1. The summed E-state index contributed by atoms with van der Waals surface area (Å²) in [5.41, 5.74) is -0.128. The van der Waals surface area contributed by atoms with Crippen LogP contribution in [0.1, 0.15) is 10.4 Å². The number of hydrogen-bond donors (Lipinski definition) is 1. The largest absolute Gasteiger partial charge is 0.395 e. The molecular weight excluding hydrogens is 240 g/mol. The molecule has 88 valence electrons. The van der Waals surface area contributed by atoms with Crippen molar-refractivity contribution < 1.29 is 18.7 Å². The fraction of sp³-hybridized carbons (Fsp3) is 0.300. The van der Waals surface area contributed by atoms with Gasteiger partial charge in [0, 0.05) is 13.6 Å². The van der Waals surface area contributed by atoms with E-state index in [-0.39, 0.29) is 23.7 Å². The minimum Gasteiger partial charge on any atom is -0.395 e. The van der Waals surface area contributed by atoms with Gasteiger partial charge < -0.3 is 10.0 Å². The van der Waals surface area contributed by atoms with Crippen molar-refractivity contribution in [3.8, 4) is 0 Å². The predicted molar refractivity (Wildman–Crippen MR) is 55.4 cm³/mol. The van der Waals surface area contributed by atoms with Crippen LogP contribution < -0.4 is 0 Å². The smallest absolute Gasteiger partial charge is 0.255 e. The molecule has 0 aromatic heterocycles. The third-order valence-corrected chi connectivity index (χ3v) is 2.34. The molecule has 0 saturated heterocycles. The minimum atomic E-state index is -1.13. The monoisotopic (exact) mass is 249 g/mol. The molecule has 1 amide bonds. The predicted octanol–water partition coefficient (Wildman–Crippen LogP) is 1.68. The Balaban J connectivity index is 3.04. The molecule has 1 rings (SSSR count). The molecule has 0 aliphatic carbocycles. The molecule has 0 saturated carbocycles. The molecular formula is C10H10ClF2NO2. The van der Waals surface area contributed by atoms with Crippen LogP contribution in [-0.2, 0) is 0 Å². The van der Waals surface area contributed by atoms with E-state index in [1.165, 1.54) is 11.9 Å². The summed E-state index contributed by atoms with van der Waals surface area (Å²) in [6.45, 7) is -0.127. The Morgan fingerprint density at radius 1 is 1.44 bits per heavy atom. The molecule has 0 fully saturated rings. The second-order valence-electron chi connectivity index (χ2n) is 3.20. The zero-order valence-corrected chi connectivity index (χ0v) is 9.26. The summed E-state index contributed by atoms with van der Waals surface area (Å²) in [6, 6.07) is 1.49. The Morgan fingerprint density at radius 2 is 2.00 bits per heavy atom. The zero-order valence-electron chi connectivity index (χ0n) is 8.51. The molecule has 0 aliphatic heterocycles. The molecule has 0 bridgehead atoms. The van der Waals surface area contributed by atoms with E-state index in [9.17, 15) is 13.6 Å². The summed E-state index contributed by atoms with van der Waals surface area (Å²) < 4.78 is 25.7. The van der Waals surface area contributed by atoms with E-state index in [2.05, 4.69) is 0 Å². The molecule has 0 radical (unpaired) electrons. The van der Waals surface area contributed by atoms with Crippen molar-refractivity contribution in [2.45, 2.75) is 0 Å². The first-order valence-corrected chi connectivity index (χ1v) is 4.86. The molecule has 0 heterocycles. The van der Waals surface area contributed by atoms with Crippen LogP contribution in [0.3, 0.4) is 0 Å². The van der Waals surface area contributed by atoms with Gasteiger partial charge in [0.1, 0.15) is 0 Å². The van der Waals surface area contributed by atoms with Gasteiger partial charge in [-0.1, -0.05) is 11.6 Å². The van der Waals surface area contributed by atoms with Crippen LogP contribution in [0.15, 0.2) is 12.1 Å². The number of carbonyl (C=O) groups excluding carboxylic acids is 1. The van der Waals surface area contributed by atoms with Gasteiger partial charge in [0.15, 0.2) is 11.6 Å². The number of rotatable bonds is 3. The highest BCUT2D eigenvalue weighted by molar-refractivity contribution is 6.33. The first kappa shape index (κ1) is 12.9. The molecule has 16 heavy (non-hydrogen) atoms. The molecule has 0 atom stereocenters. The number of nitrogens with zero attached hydrogens (tertiary/aromatic N) is 1. The van der Waals surface area contributed by atoms with E-state index >= 15 is 0 Å². The second-order valence-corrected chi connectivity index (χ2v) is 3.60. The van der Waals surface area contributed by atoms with E-state index in [1.807, 2.05) is 0 Å². The minimum absolute atomic E-state index is 0.0914. The fourth-order valence-electron chi connectivity index (χ4n) is 1.14. The van der Waals surface area contributed by atoms with Crippen LogP contribution in [0.4, 0.5) is 8.78 Å². The molecule has 1 N–H and O–H groups in total. The topological polar surface area (TPSA) is 40.5 Å². The van der Waals surface area contributed by atoms with Gasteiger partial charge in [-0.25, -0.2) is 8.78 Å². The number of likely N-dealkylation sites (N-methyl/N-ethyl adjacent to an activating group) is 1. The lowest BCUT2D eigenvalue weighted by molar-refractivity contribution is 0.0766. The van der Waals surface area contributed by atoms with Crippen LogP contribution in [0.2, 0.25) is 5.02 Å². The molecule has 0 spiro atoms. The lowest BCUT2D eigenvalue weighted by Crippen LogP contribution is -2.29. The van der Waals surface area contributed by atoms with E-state index in [1.54, 1.807) is 0 Å². The van der Waals surface area contributed by atoms with Gasteiger partial charge in [-0.05, 0) is 12.1 Å². The van der Waals surface area contributed by atoms with Gasteiger partial charge in [0.05, 0.1) is 17.2 Å². The number of halogens is 3. The maximum Gasteiger partial charge on any atom is 0.255 e. The quantitative estimate of drug-likeness (QED) is 0.828. The molecule has 1 aromatic rings. The molecule has 1 aromatic carbocycles. The Morgan fingerprint density at radius 3 is 2.56 bits per heavy atom. The number of hydrogen-bond acceptors (Lipinski definition) is 2. The zero-order chi connectivity index (χ0) is 12.3. The average Bonchev–Trinajstić information content (AvgIpc) is 2.23. The van der Waals surface area contributed by atoms with Gasteiger partial charge in [-0.15, -0.1) is 0 Å². The van der Waals surface area contributed by atoms with Crippen LogP contribution in [0.5, 0.6) is 0 Å².